The van der Waals surface area contributed by atoms with E-state index in [1.807, 2.05) is 62.4 Å². The molecule has 0 radical (unpaired) electrons. The van der Waals surface area contributed by atoms with E-state index >= 15 is 0 Å². The Labute approximate surface area is 149 Å². The lowest BCUT2D eigenvalue weighted by atomic mass is 10.3. The fourth-order valence-corrected chi connectivity index (χ4v) is 2.22. The Hall–Kier alpha value is -2.40. The highest BCUT2D eigenvalue weighted by Gasteiger charge is 2.05. The van der Waals surface area contributed by atoms with Gasteiger partial charge in [0.05, 0.1) is 20.3 Å². The van der Waals surface area contributed by atoms with Crippen molar-refractivity contribution < 1.29 is 18.9 Å². The fourth-order valence-electron chi connectivity index (χ4n) is 2.22. The number of rotatable bonds is 11. The molecule has 1 unspecified atom stereocenters. The van der Waals surface area contributed by atoms with Gasteiger partial charge in [-0.25, -0.2) is 0 Å². The number of benzene rings is 2. The zero-order valence-corrected chi connectivity index (χ0v) is 15.2. The van der Waals surface area contributed by atoms with Gasteiger partial charge in [0.1, 0.15) is 30.0 Å². The maximum Gasteiger partial charge on any atom is 0.120 e. The van der Waals surface area contributed by atoms with Gasteiger partial charge in [0, 0.05) is 12.3 Å². The van der Waals surface area contributed by atoms with Crippen molar-refractivity contribution in [2.75, 3.05) is 38.8 Å². The summed E-state index contributed by atoms with van der Waals surface area (Å²) in [5, 5.41) is 3.36. The molecule has 25 heavy (non-hydrogen) atoms. The van der Waals surface area contributed by atoms with E-state index in [0.717, 1.165) is 22.9 Å². The molecule has 0 saturated carbocycles. The van der Waals surface area contributed by atoms with Crippen LogP contribution in [0.4, 0.5) is 5.69 Å². The third-order valence-electron chi connectivity index (χ3n) is 3.55. The molecule has 1 N–H and O–H groups in total. The van der Waals surface area contributed by atoms with Gasteiger partial charge in [-0.05, 0) is 62.4 Å². The van der Waals surface area contributed by atoms with Gasteiger partial charge >= 0.3 is 0 Å². The summed E-state index contributed by atoms with van der Waals surface area (Å²) in [4.78, 5) is 0. The molecule has 0 aliphatic carbocycles. The minimum atomic E-state index is 0.0375. The lowest BCUT2D eigenvalue weighted by Crippen LogP contribution is -2.22. The van der Waals surface area contributed by atoms with Crippen molar-refractivity contribution in [3.63, 3.8) is 0 Å². The quantitative estimate of drug-likeness (QED) is 0.624. The van der Waals surface area contributed by atoms with Gasteiger partial charge in [-0.3, -0.25) is 0 Å². The van der Waals surface area contributed by atoms with Crippen LogP contribution >= 0.6 is 0 Å². The van der Waals surface area contributed by atoms with Crippen molar-refractivity contribution in [1.29, 1.82) is 0 Å². The molecule has 0 heterocycles. The molecule has 136 valence electrons. The van der Waals surface area contributed by atoms with Gasteiger partial charge in [-0.2, -0.15) is 0 Å². The van der Waals surface area contributed by atoms with Crippen LogP contribution in [0, 0.1) is 0 Å². The van der Waals surface area contributed by atoms with E-state index in [1.54, 1.807) is 7.11 Å². The molecular formula is C20H27NO4. The largest absolute Gasteiger partial charge is 0.497 e. The van der Waals surface area contributed by atoms with E-state index in [9.17, 15) is 0 Å². The second-order valence-corrected chi connectivity index (χ2v) is 5.55. The summed E-state index contributed by atoms with van der Waals surface area (Å²) in [6.07, 6.45) is 0.0375. The zero-order chi connectivity index (χ0) is 17.9. The van der Waals surface area contributed by atoms with Crippen LogP contribution in [-0.4, -0.2) is 39.6 Å². The predicted octanol–water partition coefficient (Wildman–Crippen LogP) is 3.99. The first-order valence-corrected chi connectivity index (χ1v) is 8.56. The highest BCUT2D eigenvalue weighted by molar-refractivity contribution is 5.46. The molecule has 2 aromatic carbocycles. The lowest BCUT2D eigenvalue weighted by molar-refractivity contribution is 0.110. The first kappa shape index (κ1) is 18.9. The molecule has 1 atom stereocenters. The van der Waals surface area contributed by atoms with Gasteiger partial charge in [0.25, 0.3) is 0 Å². The van der Waals surface area contributed by atoms with E-state index in [4.69, 9.17) is 18.9 Å². The number of hydrogen-bond donors (Lipinski definition) is 1. The Morgan fingerprint density at radius 3 is 2.16 bits per heavy atom. The van der Waals surface area contributed by atoms with Crippen molar-refractivity contribution >= 4 is 5.69 Å². The minimum absolute atomic E-state index is 0.0375. The number of anilines is 1. The fraction of sp³-hybridized carbons (Fsp3) is 0.400. The van der Waals surface area contributed by atoms with Crippen LogP contribution < -0.4 is 19.5 Å². The molecule has 5 heteroatoms. The number of nitrogens with one attached hydrogen (secondary N) is 1. The summed E-state index contributed by atoms with van der Waals surface area (Å²) in [6.45, 7) is 6.59. The molecule has 2 rings (SSSR count). The average molecular weight is 345 g/mol. The summed E-state index contributed by atoms with van der Waals surface area (Å²) < 4.78 is 21.9. The van der Waals surface area contributed by atoms with Gasteiger partial charge in [0.15, 0.2) is 0 Å². The van der Waals surface area contributed by atoms with Crippen LogP contribution in [0.3, 0.4) is 0 Å². The molecular weight excluding hydrogens is 318 g/mol. The van der Waals surface area contributed by atoms with Crippen molar-refractivity contribution in [1.82, 2.24) is 0 Å². The SMILES string of the molecule is CCOCCOc1ccc(NCC(C)Oc2ccc(OC)cc2)cc1. The van der Waals surface area contributed by atoms with Crippen molar-refractivity contribution in [3.8, 4) is 17.2 Å². The van der Waals surface area contributed by atoms with Crippen LogP contribution in [-0.2, 0) is 4.74 Å². The first-order valence-electron chi connectivity index (χ1n) is 8.56. The summed E-state index contributed by atoms with van der Waals surface area (Å²) in [7, 11) is 1.65. The Kier molecular flexibility index (Phi) is 7.92. The molecule has 0 aliphatic rings. The van der Waals surface area contributed by atoms with Crippen molar-refractivity contribution in [2.45, 2.75) is 20.0 Å². The number of hydrogen-bond acceptors (Lipinski definition) is 5. The highest BCUT2D eigenvalue weighted by Crippen LogP contribution is 2.19. The zero-order valence-electron chi connectivity index (χ0n) is 15.2. The van der Waals surface area contributed by atoms with Crippen LogP contribution in [0.2, 0.25) is 0 Å². The van der Waals surface area contributed by atoms with Gasteiger partial charge in [-0.15, -0.1) is 0 Å². The molecule has 0 spiro atoms. The van der Waals surface area contributed by atoms with E-state index in [2.05, 4.69) is 5.32 Å². The lowest BCUT2D eigenvalue weighted by Gasteiger charge is -2.16. The molecule has 0 bridgehead atoms. The maximum atomic E-state index is 5.88. The summed E-state index contributed by atoms with van der Waals surface area (Å²) >= 11 is 0. The monoisotopic (exact) mass is 345 g/mol. The average Bonchev–Trinajstić information content (AvgIpc) is 2.65. The maximum absolute atomic E-state index is 5.88. The molecule has 0 amide bonds. The standard InChI is InChI=1S/C20H27NO4/c1-4-23-13-14-24-19-7-5-17(6-8-19)21-15-16(2)25-20-11-9-18(22-3)10-12-20/h5-12,16,21H,4,13-15H2,1-3H3. The van der Waals surface area contributed by atoms with Gasteiger partial charge in [-0.1, -0.05) is 0 Å². The topological polar surface area (TPSA) is 49.0 Å². The third kappa shape index (κ3) is 6.93. The normalized spacial score (nSPS) is 11.6. The summed E-state index contributed by atoms with van der Waals surface area (Å²) in [5.74, 6) is 2.49. The Bertz CT molecular complexity index is 598. The minimum Gasteiger partial charge on any atom is -0.497 e. The Morgan fingerprint density at radius 1 is 0.880 bits per heavy atom. The van der Waals surface area contributed by atoms with Crippen molar-refractivity contribution in [2.24, 2.45) is 0 Å². The van der Waals surface area contributed by atoms with Crippen LogP contribution in [0.1, 0.15) is 13.8 Å². The molecule has 2 aromatic rings. The molecule has 0 aromatic heterocycles. The second-order valence-electron chi connectivity index (χ2n) is 5.55. The van der Waals surface area contributed by atoms with Gasteiger partial charge in [0.2, 0.25) is 0 Å². The van der Waals surface area contributed by atoms with Crippen molar-refractivity contribution in [3.05, 3.63) is 48.5 Å². The summed E-state index contributed by atoms with van der Waals surface area (Å²) in [6, 6.07) is 15.5. The Morgan fingerprint density at radius 2 is 1.52 bits per heavy atom. The predicted molar refractivity (Wildman–Crippen MR) is 100 cm³/mol. The first-order chi connectivity index (χ1) is 12.2. The van der Waals surface area contributed by atoms with Gasteiger partial charge < -0.3 is 24.3 Å². The van der Waals surface area contributed by atoms with E-state index in [1.165, 1.54) is 0 Å². The van der Waals surface area contributed by atoms with Crippen LogP contribution in [0.5, 0.6) is 17.2 Å². The van der Waals surface area contributed by atoms with E-state index in [-0.39, 0.29) is 6.10 Å². The molecule has 0 saturated heterocycles. The molecule has 0 aliphatic heterocycles. The van der Waals surface area contributed by atoms with Crippen LogP contribution in [0.15, 0.2) is 48.5 Å². The summed E-state index contributed by atoms with van der Waals surface area (Å²) in [5.41, 5.74) is 1.03. The molecule has 5 nitrogen and oxygen atoms in total. The third-order valence-corrected chi connectivity index (χ3v) is 3.55. The highest BCUT2D eigenvalue weighted by atomic mass is 16.5. The van der Waals surface area contributed by atoms with E-state index in [0.29, 0.717) is 26.4 Å². The smallest absolute Gasteiger partial charge is 0.120 e. The van der Waals surface area contributed by atoms with E-state index < -0.39 is 0 Å². The number of ether oxygens (including phenoxy) is 4. The number of methoxy groups -OCH3 is 1. The van der Waals surface area contributed by atoms with Crippen LogP contribution in [0.25, 0.3) is 0 Å². The molecule has 0 fully saturated rings. The second kappa shape index (κ2) is 10.5. The Balaban J connectivity index is 1.72.